The number of hydrogen-bond donors (Lipinski definition) is 1. The van der Waals surface area contributed by atoms with Crippen LogP contribution in [0.3, 0.4) is 0 Å². The standard InChI is InChI=1S/C12H17N3O3/c13-6-1-7-14(9-2-3-9)12(18)15(8-11(16)17)10-4-5-10/h9-10H,1-5,7-8H2,(H,16,17). The van der Waals surface area contributed by atoms with Gasteiger partial charge < -0.3 is 14.9 Å². The van der Waals surface area contributed by atoms with Crippen molar-refractivity contribution in [3.05, 3.63) is 0 Å². The van der Waals surface area contributed by atoms with Crippen LogP contribution in [0.4, 0.5) is 4.79 Å². The fraction of sp³-hybridized carbons (Fsp3) is 0.750. The van der Waals surface area contributed by atoms with Gasteiger partial charge in [0.2, 0.25) is 0 Å². The number of carbonyl (C=O) groups excluding carboxylic acids is 1. The second-order valence-corrected chi connectivity index (χ2v) is 4.87. The van der Waals surface area contributed by atoms with E-state index in [0.29, 0.717) is 13.0 Å². The molecule has 2 aliphatic carbocycles. The van der Waals surface area contributed by atoms with Gasteiger partial charge >= 0.3 is 12.0 Å². The second kappa shape index (κ2) is 5.25. The lowest BCUT2D eigenvalue weighted by Crippen LogP contribution is -2.47. The van der Waals surface area contributed by atoms with Crippen LogP contribution in [0, 0.1) is 11.3 Å². The molecule has 0 bridgehead atoms. The van der Waals surface area contributed by atoms with E-state index >= 15 is 0 Å². The Morgan fingerprint density at radius 3 is 2.17 bits per heavy atom. The molecule has 1 N–H and O–H groups in total. The van der Waals surface area contributed by atoms with Crippen LogP contribution in [0.1, 0.15) is 32.1 Å². The molecule has 0 aromatic heterocycles. The number of urea groups is 1. The molecule has 0 aromatic carbocycles. The monoisotopic (exact) mass is 251 g/mol. The van der Waals surface area contributed by atoms with Crippen molar-refractivity contribution in [3.63, 3.8) is 0 Å². The summed E-state index contributed by atoms with van der Waals surface area (Å²) in [6.07, 6.45) is 3.99. The highest BCUT2D eigenvalue weighted by Gasteiger charge is 2.40. The molecule has 2 saturated carbocycles. The zero-order valence-electron chi connectivity index (χ0n) is 10.2. The summed E-state index contributed by atoms with van der Waals surface area (Å²) in [5, 5.41) is 17.5. The first kappa shape index (κ1) is 12.7. The maximum Gasteiger partial charge on any atom is 0.323 e. The van der Waals surface area contributed by atoms with Gasteiger partial charge in [0.05, 0.1) is 12.5 Å². The molecule has 0 spiro atoms. The number of rotatable bonds is 6. The van der Waals surface area contributed by atoms with Crippen molar-refractivity contribution >= 4 is 12.0 Å². The average Bonchev–Trinajstić information content (AvgIpc) is 3.15. The topological polar surface area (TPSA) is 84.6 Å². The maximum absolute atomic E-state index is 12.3. The molecule has 18 heavy (non-hydrogen) atoms. The first-order valence-corrected chi connectivity index (χ1v) is 6.29. The van der Waals surface area contributed by atoms with Gasteiger partial charge in [0.15, 0.2) is 0 Å². The minimum absolute atomic E-state index is 0.0805. The van der Waals surface area contributed by atoms with Crippen molar-refractivity contribution in [2.24, 2.45) is 0 Å². The Kier molecular flexibility index (Phi) is 3.70. The summed E-state index contributed by atoms with van der Waals surface area (Å²) >= 11 is 0. The molecular weight excluding hydrogens is 234 g/mol. The Hall–Kier alpha value is -1.77. The Balaban J connectivity index is 2.00. The summed E-state index contributed by atoms with van der Waals surface area (Å²) in [7, 11) is 0. The predicted octanol–water partition coefficient (Wildman–Crippen LogP) is 1.03. The van der Waals surface area contributed by atoms with Crippen molar-refractivity contribution in [2.75, 3.05) is 13.1 Å². The molecule has 0 saturated heterocycles. The number of amides is 2. The van der Waals surface area contributed by atoms with Crippen LogP contribution in [0.2, 0.25) is 0 Å². The number of nitriles is 1. The minimum atomic E-state index is -0.980. The summed E-state index contributed by atoms with van der Waals surface area (Å²) in [5.74, 6) is -0.980. The number of aliphatic carboxylic acids is 1. The lowest BCUT2D eigenvalue weighted by Gasteiger charge is -2.29. The van der Waals surface area contributed by atoms with Crippen molar-refractivity contribution in [3.8, 4) is 6.07 Å². The zero-order valence-corrected chi connectivity index (χ0v) is 10.2. The second-order valence-electron chi connectivity index (χ2n) is 4.87. The molecule has 6 heteroatoms. The van der Waals surface area contributed by atoms with Gasteiger partial charge in [-0.2, -0.15) is 5.26 Å². The van der Waals surface area contributed by atoms with E-state index < -0.39 is 5.97 Å². The highest BCUT2D eigenvalue weighted by molar-refractivity contribution is 5.81. The molecular formula is C12H17N3O3. The molecule has 0 aromatic rings. The molecule has 0 radical (unpaired) electrons. The third-order valence-corrected chi connectivity index (χ3v) is 3.24. The third kappa shape index (κ3) is 3.13. The molecule has 2 amide bonds. The molecule has 2 fully saturated rings. The Morgan fingerprint density at radius 1 is 1.17 bits per heavy atom. The lowest BCUT2D eigenvalue weighted by molar-refractivity contribution is -0.137. The van der Waals surface area contributed by atoms with Gasteiger partial charge in [-0.25, -0.2) is 4.79 Å². The molecule has 2 rings (SSSR count). The molecule has 98 valence electrons. The predicted molar refractivity (Wildman–Crippen MR) is 62.7 cm³/mol. The van der Waals surface area contributed by atoms with Gasteiger partial charge in [0.1, 0.15) is 6.54 Å². The van der Waals surface area contributed by atoms with Gasteiger partial charge in [-0.05, 0) is 25.7 Å². The highest BCUT2D eigenvalue weighted by Crippen LogP contribution is 2.32. The smallest absolute Gasteiger partial charge is 0.323 e. The Morgan fingerprint density at radius 2 is 1.72 bits per heavy atom. The molecule has 0 unspecified atom stereocenters. The largest absolute Gasteiger partial charge is 0.480 e. The maximum atomic E-state index is 12.3. The van der Waals surface area contributed by atoms with Crippen LogP contribution < -0.4 is 0 Å². The molecule has 2 aliphatic rings. The van der Waals surface area contributed by atoms with E-state index in [4.69, 9.17) is 10.4 Å². The van der Waals surface area contributed by atoms with Crippen molar-refractivity contribution < 1.29 is 14.7 Å². The normalized spacial score (nSPS) is 17.9. The summed E-state index contributed by atoms with van der Waals surface area (Å²) in [5.41, 5.74) is 0. The van der Waals surface area contributed by atoms with Gasteiger partial charge in [0.25, 0.3) is 0 Å². The lowest BCUT2D eigenvalue weighted by atomic mass is 10.4. The first-order valence-electron chi connectivity index (χ1n) is 6.29. The van der Waals surface area contributed by atoms with Crippen LogP contribution in [0.15, 0.2) is 0 Å². The first-order chi connectivity index (χ1) is 8.63. The van der Waals surface area contributed by atoms with E-state index in [2.05, 4.69) is 0 Å². The quantitative estimate of drug-likeness (QED) is 0.764. The van der Waals surface area contributed by atoms with Gasteiger partial charge in [0, 0.05) is 18.6 Å². The fourth-order valence-corrected chi connectivity index (χ4v) is 2.04. The van der Waals surface area contributed by atoms with E-state index in [0.717, 1.165) is 25.7 Å². The van der Waals surface area contributed by atoms with Crippen LogP contribution >= 0.6 is 0 Å². The van der Waals surface area contributed by atoms with E-state index in [9.17, 15) is 9.59 Å². The number of hydrogen-bond acceptors (Lipinski definition) is 3. The fourth-order valence-electron chi connectivity index (χ4n) is 2.04. The summed E-state index contributed by atoms with van der Waals surface area (Å²) in [6.45, 7) is 0.169. The number of carboxylic acids is 1. The van der Waals surface area contributed by atoms with Gasteiger partial charge in [-0.1, -0.05) is 0 Å². The van der Waals surface area contributed by atoms with E-state index in [-0.39, 0.29) is 24.7 Å². The average molecular weight is 251 g/mol. The molecule has 0 heterocycles. The summed E-state index contributed by atoms with van der Waals surface area (Å²) in [6, 6.07) is 2.11. The summed E-state index contributed by atoms with van der Waals surface area (Å²) in [4.78, 5) is 26.2. The SMILES string of the molecule is N#CCCN(C(=O)N(CC(=O)O)C1CC1)C1CC1. The van der Waals surface area contributed by atoms with Gasteiger partial charge in [-0.15, -0.1) is 0 Å². The number of carbonyl (C=O) groups is 2. The van der Waals surface area contributed by atoms with E-state index in [1.807, 2.05) is 6.07 Å². The van der Waals surface area contributed by atoms with Gasteiger partial charge in [-0.3, -0.25) is 4.79 Å². The number of carboxylic acid groups (broad SMARTS) is 1. The van der Waals surface area contributed by atoms with Crippen molar-refractivity contribution in [2.45, 2.75) is 44.2 Å². The van der Waals surface area contributed by atoms with Crippen molar-refractivity contribution in [1.29, 1.82) is 5.26 Å². The third-order valence-electron chi connectivity index (χ3n) is 3.24. The van der Waals surface area contributed by atoms with Crippen LogP contribution in [0.25, 0.3) is 0 Å². The number of nitrogens with zero attached hydrogens (tertiary/aromatic N) is 3. The summed E-state index contributed by atoms with van der Waals surface area (Å²) < 4.78 is 0. The Bertz CT molecular complexity index is 383. The van der Waals surface area contributed by atoms with Crippen molar-refractivity contribution in [1.82, 2.24) is 9.80 Å². The van der Waals surface area contributed by atoms with Crippen LogP contribution in [0.5, 0.6) is 0 Å². The highest BCUT2D eigenvalue weighted by atomic mass is 16.4. The zero-order chi connectivity index (χ0) is 13.1. The van der Waals surface area contributed by atoms with Crippen LogP contribution in [-0.4, -0.2) is 52.1 Å². The van der Waals surface area contributed by atoms with E-state index in [1.165, 1.54) is 4.90 Å². The molecule has 0 atom stereocenters. The molecule has 0 aliphatic heterocycles. The van der Waals surface area contributed by atoms with Crippen LogP contribution in [-0.2, 0) is 4.79 Å². The molecule has 6 nitrogen and oxygen atoms in total. The minimum Gasteiger partial charge on any atom is -0.480 e. The van der Waals surface area contributed by atoms with E-state index in [1.54, 1.807) is 4.90 Å². The Labute approximate surface area is 106 Å².